The van der Waals surface area contributed by atoms with Crippen LogP contribution < -0.4 is 10.1 Å². The molecule has 2 N–H and O–H groups in total. The van der Waals surface area contributed by atoms with Crippen LogP contribution in [0.5, 0.6) is 5.75 Å². The molecule has 0 saturated heterocycles. The molecule has 1 aromatic carbocycles. The van der Waals surface area contributed by atoms with Crippen molar-refractivity contribution in [2.75, 3.05) is 32.6 Å². The minimum atomic E-state index is -0.477. The number of benzene rings is 1. The SMILES string of the molecule is Cc1ccsc1CNc1ccc(OCC(O)CN(C)C)cc1. The maximum absolute atomic E-state index is 9.77. The molecule has 1 unspecified atom stereocenters. The number of hydrogen-bond acceptors (Lipinski definition) is 5. The molecule has 0 saturated carbocycles. The Bertz CT molecular complexity index is 566. The number of nitrogens with zero attached hydrogens (tertiary/aromatic N) is 1. The van der Waals surface area contributed by atoms with Crippen LogP contribution in [0, 0.1) is 6.92 Å². The minimum Gasteiger partial charge on any atom is -0.491 e. The van der Waals surface area contributed by atoms with Crippen molar-refractivity contribution < 1.29 is 9.84 Å². The number of ether oxygens (including phenoxy) is 1. The predicted octanol–water partition coefficient (Wildman–Crippen LogP) is 2.97. The van der Waals surface area contributed by atoms with E-state index in [9.17, 15) is 5.11 Å². The van der Waals surface area contributed by atoms with Crippen molar-refractivity contribution in [3.8, 4) is 5.75 Å². The molecule has 2 rings (SSSR count). The number of aryl methyl sites for hydroxylation is 1. The lowest BCUT2D eigenvalue weighted by atomic mass is 10.2. The summed E-state index contributed by atoms with van der Waals surface area (Å²) in [7, 11) is 3.86. The Balaban J connectivity index is 1.79. The number of nitrogens with one attached hydrogen (secondary N) is 1. The Morgan fingerprint density at radius 1 is 1.23 bits per heavy atom. The van der Waals surface area contributed by atoms with E-state index in [0.717, 1.165) is 18.0 Å². The van der Waals surface area contributed by atoms with Crippen molar-refractivity contribution >= 4 is 17.0 Å². The lowest BCUT2D eigenvalue weighted by Gasteiger charge is -2.16. The molecule has 0 spiro atoms. The predicted molar refractivity (Wildman–Crippen MR) is 92.9 cm³/mol. The summed E-state index contributed by atoms with van der Waals surface area (Å²) < 4.78 is 5.59. The molecular weight excluding hydrogens is 296 g/mol. The quantitative estimate of drug-likeness (QED) is 0.785. The average Bonchev–Trinajstić information content (AvgIpc) is 2.89. The van der Waals surface area contributed by atoms with Gasteiger partial charge < -0.3 is 20.1 Å². The Labute approximate surface area is 136 Å². The third-order valence-corrected chi connectivity index (χ3v) is 4.32. The van der Waals surface area contributed by atoms with Gasteiger partial charge in [-0.05, 0) is 62.3 Å². The molecular formula is C17H24N2O2S. The third kappa shape index (κ3) is 5.33. The zero-order valence-corrected chi connectivity index (χ0v) is 14.2. The highest BCUT2D eigenvalue weighted by Crippen LogP contribution is 2.20. The first-order valence-electron chi connectivity index (χ1n) is 7.37. The molecule has 120 valence electrons. The number of rotatable bonds is 8. The van der Waals surface area contributed by atoms with Crippen LogP contribution in [-0.2, 0) is 6.54 Å². The first-order chi connectivity index (χ1) is 10.5. The highest BCUT2D eigenvalue weighted by atomic mass is 32.1. The Hall–Kier alpha value is -1.56. The van der Waals surface area contributed by atoms with Gasteiger partial charge in [-0.25, -0.2) is 0 Å². The molecule has 2 aromatic rings. The van der Waals surface area contributed by atoms with Gasteiger partial charge in [0.25, 0.3) is 0 Å². The smallest absolute Gasteiger partial charge is 0.119 e. The van der Waals surface area contributed by atoms with E-state index in [2.05, 4.69) is 23.7 Å². The van der Waals surface area contributed by atoms with Crippen LogP contribution in [-0.4, -0.2) is 43.4 Å². The minimum absolute atomic E-state index is 0.305. The topological polar surface area (TPSA) is 44.7 Å². The van der Waals surface area contributed by atoms with Gasteiger partial charge in [0.15, 0.2) is 0 Å². The van der Waals surface area contributed by atoms with E-state index < -0.39 is 6.10 Å². The Kier molecular flexibility index (Phi) is 6.24. The molecule has 0 aliphatic rings. The molecule has 0 fully saturated rings. The average molecular weight is 320 g/mol. The number of thiophene rings is 1. The second kappa shape index (κ2) is 8.17. The van der Waals surface area contributed by atoms with E-state index in [-0.39, 0.29) is 0 Å². The summed E-state index contributed by atoms with van der Waals surface area (Å²) in [4.78, 5) is 3.29. The van der Waals surface area contributed by atoms with Crippen LogP contribution in [0.1, 0.15) is 10.4 Å². The molecule has 1 heterocycles. The van der Waals surface area contributed by atoms with E-state index in [0.29, 0.717) is 13.2 Å². The van der Waals surface area contributed by atoms with Crippen molar-refractivity contribution in [3.63, 3.8) is 0 Å². The lowest BCUT2D eigenvalue weighted by molar-refractivity contribution is 0.0831. The maximum atomic E-state index is 9.77. The lowest BCUT2D eigenvalue weighted by Crippen LogP contribution is -2.30. The Morgan fingerprint density at radius 2 is 1.95 bits per heavy atom. The van der Waals surface area contributed by atoms with Crippen molar-refractivity contribution in [3.05, 3.63) is 46.2 Å². The second-order valence-electron chi connectivity index (χ2n) is 5.63. The van der Waals surface area contributed by atoms with Crippen LogP contribution in [0.2, 0.25) is 0 Å². The van der Waals surface area contributed by atoms with Gasteiger partial charge in [0, 0.05) is 23.7 Å². The third-order valence-electron chi connectivity index (χ3n) is 3.29. The molecule has 0 aliphatic carbocycles. The molecule has 0 amide bonds. The van der Waals surface area contributed by atoms with Gasteiger partial charge in [-0.2, -0.15) is 0 Å². The summed E-state index contributed by atoms with van der Waals surface area (Å²) >= 11 is 1.77. The highest BCUT2D eigenvalue weighted by molar-refractivity contribution is 7.10. The normalized spacial score (nSPS) is 12.4. The van der Waals surface area contributed by atoms with Gasteiger partial charge in [-0.15, -0.1) is 11.3 Å². The zero-order chi connectivity index (χ0) is 15.9. The van der Waals surface area contributed by atoms with Gasteiger partial charge in [-0.3, -0.25) is 0 Å². The fraction of sp³-hybridized carbons (Fsp3) is 0.412. The zero-order valence-electron chi connectivity index (χ0n) is 13.4. The second-order valence-corrected chi connectivity index (χ2v) is 6.63. The summed E-state index contributed by atoms with van der Waals surface area (Å²) in [5.41, 5.74) is 2.39. The summed E-state index contributed by atoms with van der Waals surface area (Å²) in [6, 6.07) is 9.98. The van der Waals surface area contributed by atoms with Gasteiger partial charge in [0.05, 0.1) is 0 Å². The van der Waals surface area contributed by atoms with E-state index in [1.807, 2.05) is 43.3 Å². The van der Waals surface area contributed by atoms with E-state index in [1.165, 1.54) is 10.4 Å². The standard InChI is InChI=1S/C17H24N2O2S/c1-13-8-9-22-17(13)10-18-14-4-6-16(7-5-14)21-12-15(20)11-19(2)3/h4-9,15,18,20H,10-12H2,1-3H3. The van der Waals surface area contributed by atoms with E-state index >= 15 is 0 Å². The van der Waals surface area contributed by atoms with E-state index in [1.54, 1.807) is 11.3 Å². The fourth-order valence-corrected chi connectivity index (χ4v) is 2.95. The molecule has 1 atom stereocenters. The molecule has 0 bridgehead atoms. The molecule has 4 nitrogen and oxygen atoms in total. The first kappa shape index (κ1) is 16.8. The van der Waals surface area contributed by atoms with Gasteiger partial charge in [0.2, 0.25) is 0 Å². The number of likely N-dealkylation sites (N-methyl/N-ethyl adjacent to an activating group) is 1. The van der Waals surface area contributed by atoms with Crippen LogP contribution >= 0.6 is 11.3 Å². The van der Waals surface area contributed by atoms with Crippen LogP contribution in [0.4, 0.5) is 5.69 Å². The number of anilines is 1. The van der Waals surface area contributed by atoms with Crippen molar-refractivity contribution in [2.45, 2.75) is 19.6 Å². The molecule has 1 aromatic heterocycles. The van der Waals surface area contributed by atoms with Crippen molar-refractivity contribution in [1.29, 1.82) is 0 Å². The van der Waals surface area contributed by atoms with Crippen LogP contribution in [0.15, 0.2) is 35.7 Å². The monoisotopic (exact) mass is 320 g/mol. The number of aliphatic hydroxyl groups is 1. The largest absolute Gasteiger partial charge is 0.491 e. The van der Waals surface area contributed by atoms with Crippen LogP contribution in [0.25, 0.3) is 0 Å². The molecule has 0 radical (unpaired) electrons. The molecule has 22 heavy (non-hydrogen) atoms. The van der Waals surface area contributed by atoms with Gasteiger partial charge in [0.1, 0.15) is 18.5 Å². The van der Waals surface area contributed by atoms with Crippen LogP contribution in [0.3, 0.4) is 0 Å². The summed E-state index contributed by atoms with van der Waals surface area (Å²) in [5.74, 6) is 0.774. The number of hydrogen-bond donors (Lipinski definition) is 2. The van der Waals surface area contributed by atoms with Crippen molar-refractivity contribution in [2.24, 2.45) is 0 Å². The maximum Gasteiger partial charge on any atom is 0.119 e. The van der Waals surface area contributed by atoms with Gasteiger partial charge >= 0.3 is 0 Å². The highest BCUT2D eigenvalue weighted by Gasteiger charge is 2.06. The van der Waals surface area contributed by atoms with Gasteiger partial charge in [-0.1, -0.05) is 0 Å². The first-order valence-corrected chi connectivity index (χ1v) is 8.25. The fourth-order valence-electron chi connectivity index (χ4n) is 2.10. The van der Waals surface area contributed by atoms with Crippen molar-refractivity contribution in [1.82, 2.24) is 4.90 Å². The summed E-state index contributed by atoms with van der Waals surface area (Å²) in [6.45, 7) is 3.87. The molecule has 5 heteroatoms. The summed E-state index contributed by atoms with van der Waals surface area (Å²) in [6.07, 6.45) is -0.477. The Morgan fingerprint density at radius 3 is 2.55 bits per heavy atom. The van der Waals surface area contributed by atoms with E-state index in [4.69, 9.17) is 4.74 Å². The molecule has 0 aliphatic heterocycles. The summed E-state index contributed by atoms with van der Waals surface area (Å²) in [5, 5.41) is 15.3. The number of aliphatic hydroxyl groups excluding tert-OH is 1.